The SMILES string of the molecule is O=P(O)(OCCCl)OC[C@@H](O)CO. The number of hydrogen-bond acceptors (Lipinski definition) is 5. The van der Waals surface area contributed by atoms with Crippen molar-refractivity contribution in [3.63, 3.8) is 0 Å². The third-order valence-corrected chi connectivity index (χ3v) is 2.11. The van der Waals surface area contributed by atoms with Crippen LogP contribution in [-0.4, -0.2) is 46.9 Å². The number of phosphoric ester groups is 1. The van der Waals surface area contributed by atoms with Crippen LogP contribution in [0.4, 0.5) is 0 Å². The minimum atomic E-state index is -4.13. The van der Waals surface area contributed by atoms with E-state index in [1.807, 2.05) is 0 Å². The van der Waals surface area contributed by atoms with Gasteiger partial charge in [0.05, 0.1) is 19.8 Å². The number of halogens is 1. The summed E-state index contributed by atoms with van der Waals surface area (Å²) in [4.78, 5) is 8.85. The largest absolute Gasteiger partial charge is 0.472 e. The highest BCUT2D eigenvalue weighted by Crippen LogP contribution is 2.42. The van der Waals surface area contributed by atoms with Crippen molar-refractivity contribution in [1.82, 2.24) is 0 Å². The lowest BCUT2D eigenvalue weighted by Crippen LogP contribution is -2.18. The molecule has 6 nitrogen and oxygen atoms in total. The summed E-state index contributed by atoms with van der Waals surface area (Å²) in [6, 6.07) is 0. The van der Waals surface area contributed by atoms with Crippen LogP contribution in [0.15, 0.2) is 0 Å². The van der Waals surface area contributed by atoms with Gasteiger partial charge in [-0.2, -0.15) is 0 Å². The first-order valence-corrected chi connectivity index (χ1v) is 5.51. The van der Waals surface area contributed by atoms with Gasteiger partial charge in [-0.25, -0.2) is 4.57 Å². The highest BCUT2D eigenvalue weighted by molar-refractivity contribution is 7.47. The molecule has 0 aliphatic carbocycles. The van der Waals surface area contributed by atoms with Crippen LogP contribution in [0.5, 0.6) is 0 Å². The fourth-order valence-electron chi connectivity index (χ4n) is 0.420. The van der Waals surface area contributed by atoms with Gasteiger partial charge in [-0.05, 0) is 0 Å². The third-order valence-electron chi connectivity index (χ3n) is 0.972. The summed E-state index contributed by atoms with van der Waals surface area (Å²) < 4.78 is 19.5. The van der Waals surface area contributed by atoms with E-state index in [4.69, 9.17) is 26.7 Å². The van der Waals surface area contributed by atoms with Crippen LogP contribution >= 0.6 is 19.4 Å². The van der Waals surface area contributed by atoms with Crippen LogP contribution in [-0.2, 0) is 13.6 Å². The Labute approximate surface area is 80.7 Å². The third kappa shape index (κ3) is 7.40. The molecule has 1 unspecified atom stereocenters. The zero-order chi connectivity index (χ0) is 10.3. The Morgan fingerprint density at radius 2 is 2.08 bits per heavy atom. The summed E-state index contributed by atoms with van der Waals surface area (Å²) in [6.45, 7) is -1.13. The molecule has 3 N–H and O–H groups in total. The van der Waals surface area contributed by atoms with E-state index in [9.17, 15) is 4.57 Å². The van der Waals surface area contributed by atoms with Crippen molar-refractivity contribution in [2.24, 2.45) is 0 Å². The first-order valence-electron chi connectivity index (χ1n) is 3.48. The molecule has 0 aromatic heterocycles. The number of aliphatic hydroxyl groups is 2. The first-order chi connectivity index (χ1) is 6.02. The topological polar surface area (TPSA) is 96.2 Å². The van der Waals surface area contributed by atoms with Gasteiger partial charge in [0.25, 0.3) is 0 Å². The molecule has 0 bridgehead atoms. The Morgan fingerprint density at radius 1 is 1.46 bits per heavy atom. The molecule has 0 aliphatic heterocycles. The van der Waals surface area contributed by atoms with Gasteiger partial charge < -0.3 is 15.1 Å². The Hall–Kier alpha value is 0.320. The summed E-state index contributed by atoms with van der Waals surface area (Å²) in [7, 11) is -4.13. The number of aliphatic hydroxyl groups excluding tert-OH is 2. The Bertz CT molecular complexity index is 176. The van der Waals surface area contributed by atoms with Crippen LogP contribution in [0.1, 0.15) is 0 Å². The summed E-state index contributed by atoms with van der Waals surface area (Å²) in [5.74, 6) is 0.0659. The van der Waals surface area contributed by atoms with Gasteiger partial charge in [0, 0.05) is 5.88 Å². The van der Waals surface area contributed by atoms with Gasteiger partial charge in [-0.3, -0.25) is 9.05 Å². The molecule has 13 heavy (non-hydrogen) atoms. The molecule has 0 aliphatic rings. The molecule has 0 aromatic rings. The maximum absolute atomic E-state index is 10.9. The summed E-state index contributed by atoms with van der Waals surface area (Å²) in [5, 5.41) is 17.1. The highest BCUT2D eigenvalue weighted by Gasteiger charge is 2.21. The van der Waals surface area contributed by atoms with Crippen molar-refractivity contribution in [3.8, 4) is 0 Å². The minimum Gasteiger partial charge on any atom is -0.394 e. The summed E-state index contributed by atoms with van der Waals surface area (Å²) >= 11 is 5.20. The normalized spacial score (nSPS) is 18.2. The van der Waals surface area contributed by atoms with Crippen LogP contribution in [0, 0.1) is 0 Å². The van der Waals surface area contributed by atoms with E-state index in [2.05, 4.69) is 9.05 Å². The van der Waals surface area contributed by atoms with Crippen molar-refractivity contribution >= 4 is 19.4 Å². The van der Waals surface area contributed by atoms with E-state index in [1.54, 1.807) is 0 Å². The quantitative estimate of drug-likeness (QED) is 0.414. The zero-order valence-corrected chi connectivity index (χ0v) is 8.45. The second kappa shape index (κ2) is 6.73. The zero-order valence-electron chi connectivity index (χ0n) is 6.80. The van der Waals surface area contributed by atoms with Crippen LogP contribution in [0.2, 0.25) is 0 Å². The molecule has 80 valence electrons. The molecule has 0 radical (unpaired) electrons. The molecule has 0 saturated carbocycles. The Balaban J connectivity index is 3.68. The fraction of sp³-hybridized carbons (Fsp3) is 1.00. The molecule has 0 aromatic carbocycles. The highest BCUT2D eigenvalue weighted by atomic mass is 35.5. The summed E-state index contributed by atoms with van der Waals surface area (Å²) in [5.41, 5.74) is 0. The van der Waals surface area contributed by atoms with E-state index in [1.165, 1.54) is 0 Å². The maximum Gasteiger partial charge on any atom is 0.472 e. The minimum absolute atomic E-state index is 0.0659. The van der Waals surface area contributed by atoms with Crippen molar-refractivity contribution in [3.05, 3.63) is 0 Å². The maximum atomic E-state index is 10.9. The van der Waals surface area contributed by atoms with Gasteiger partial charge in [0.2, 0.25) is 0 Å². The van der Waals surface area contributed by atoms with Crippen molar-refractivity contribution < 1.29 is 28.7 Å². The van der Waals surface area contributed by atoms with Gasteiger partial charge in [0.1, 0.15) is 6.10 Å². The lowest BCUT2D eigenvalue weighted by Gasteiger charge is -2.12. The molecule has 8 heteroatoms. The lowest BCUT2D eigenvalue weighted by molar-refractivity contribution is 0.0371. The van der Waals surface area contributed by atoms with E-state index in [0.717, 1.165) is 0 Å². The van der Waals surface area contributed by atoms with Gasteiger partial charge >= 0.3 is 7.82 Å². The summed E-state index contributed by atoms with van der Waals surface area (Å²) in [6.07, 6.45) is -1.19. The van der Waals surface area contributed by atoms with Crippen LogP contribution in [0.25, 0.3) is 0 Å². The van der Waals surface area contributed by atoms with E-state index >= 15 is 0 Å². The first kappa shape index (κ1) is 13.3. The second-order valence-electron chi connectivity index (χ2n) is 2.12. The molecule has 0 fully saturated rings. The predicted octanol–water partition coefficient (Wildman–Crippen LogP) is -0.288. The Morgan fingerprint density at radius 3 is 2.54 bits per heavy atom. The predicted molar refractivity (Wildman–Crippen MR) is 45.5 cm³/mol. The van der Waals surface area contributed by atoms with Crippen LogP contribution in [0.3, 0.4) is 0 Å². The van der Waals surface area contributed by atoms with Gasteiger partial charge in [-0.15, -0.1) is 11.6 Å². The lowest BCUT2D eigenvalue weighted by atomic mass is 10.4. The van der Waals surface area contributed by atoms with Crippen molar-refractivity contribution in [2.45, 2.75) is 6.10 Å². The average molecular weight is 235 g/mol. The van der Waals surface area contributed by atoms with E-state index in [-0.39, 0.29) is 12.5 Å². The van der Waals surface area contributed by atoms with Gasteiger partial charge in [0.15, 0.2) is 0 Å². The van der Waals surface area contributed by atoms with Crippen LogP contribution < -0.4 is 0 Å². The van der Waals surface area contributed by atoms with Crippen molar-refractivity contribution in [2.75, 3.05) is 25.7 Å². The molecule has 0 spiro atoms. The monoisotopic (exact) mass is 234 g/mol. The number of hydrogen-bond donors (Lipinski definition) is 3. The molecule has 0 amide bonds. The fourth-order valence-corrected chi connectivity index (χ4v) is 1.36. The molecular formula is C5H12ClO6P. The second-order valence-corrected chi connectivity index (χ2v) is 3.95. The van der Waals surface area contributed by atoms with Gasteiger partial charge in [-0.1, -0.05) is 0 Å². The van der Waals surface area contributed by atoms with E-state index < -0.39 is 27.1 Å². The number of phosphoric acid groups is 1. The smallest absolute Gasteiger partial charge is 0.394 e. The molecule has 0 rings (SSSR count). The molecule has 0 saturated heterocycles. The van der Waals surface area contributed by atoms with Crippen molar-refractivity contribution in [1.29, 1.82) is 0 Å². The average Bonchev–Trinajstić information content (AvgIpc) is 2.11. The molecule has 2 atom stereocenters. The molecule has 0 heterocycles. The van der Waals surface area contributed by atoms with E-state index in [0.29, 0.717) is 0 Å². The standard InChI is InChI=1S/C5H12ClO6P/c6-1-2-11-13(9,10)12-4-5(8)3-7/h5,7-8H,1-4H2,(H,9,10)/t5-/m0/s1. The Kier molecular flexibility index (Phi) is 6.89. The number of alkyl halides is 1. The molecular weight excluding hydrogens is 222 g/mol. The number of rotatable bonds is 7.